The molecule has 0 aliphatic carbocycles. The van der Waals surface area contributed by atoms with Gasteiger partial charge in [0.2, 0.25) is 0 Å². The minimum Gasteiger partial charge on any atom is -0.301 e. The van der Waals surface area contributed by atoms with E-state index in [1.807, 2.05) is 0 Å². The normalized spacial score (nSPS) is 27.0. The van der Waals surface area contributed by atoms with Gasteiger partial charge in [0.1, 0.15) is 0 Å². The second-order valence-electron chi connectivity index (χ2n) is 5.44. The Kier molecular flexibility index (Phi) is 2.82. The van der Waals surface area contributed by atoms with Crippen molar-refractivity contribution in [3.05, 3.63) is 0 Å². The lowest BCUT2D eigenvalue weighted by molar-refractivity contribution is 0.209. The third-order valence-electron chi connectivity index (χ3n) is 3.17. The van der Waals surface area contributed by atoms with Gasteiger partial charge >= 0.3 is 0 Å². The van der Waals surface area contributed by atoms with E-state index in [1.165, 1.54) is 19.5 Å². The zero-order valence-corrected chi connectivity index (χ0v) is 9.22. The predicted octanol–water partition coefficient (Wildman–Crippen LogP) is 2.76. The fourth-order valence-corrected chi connectivity index (χ4v) is 1.96. The Morgan fingerprint density at radius 2 is 1.83 bits per heavy atom. The van der Waals surface area contributed by atoms with Crippen LogP contribution in [0.15, 0.2) is 0 Å². The Labute approximate surface area is 77.1 Å². The molecule has 72 valence electrons. The van der Waals surface area contributed by atoms with E-state index in [9.17, 15) is 0 Å². The van der Waals surface area contributed by atoms with Gasteiger partial charge in [-0.3, -0.25) is 0 Å². The van der Waals surface area contributed by atoms with Crippen LogP contribution < -0.4 is 0 Å². The second kappa shape index (κ2) is 3.37. The summed E-state index contributed by atoms with van der Waals surface area (Å²) in [4.78, 5) is 2.59. The Morgan fingerprint density at radius 3 is 2.08 bits per heavy atom. The van der Waals surface area contributed by atoms with E-state index in [0.29, 0.717) is 5.41 Å². The lowest BCUT2D eigenvalue weighted by Crippen LogP contribution is -2.30. The average molecular weight is 169 g/mol. The van der Waals surface area contributed by atoms with Crippen LogP contribution in [0.4, 0.5) is 0 Å². The molecule has 0 radical (unpaired) electrons. The molecule has 0 saturated carbocycles. The van der Waals surface area contributed by atoms with E-state index in [2.05, 4.69) is 39.5 Å². The van der Waals surface area contributed by atoms with Crippen LogP contribution in [0.2, 0.25) is 0 Å². The maximum absolute atomic E-state index is 2.59. The summed E-state index contributed by atoms with van der Waals surface area (Å²) in [7, 11) is 0. The third kappa shape index (κ3) is 2.22. The summed E-state index contributed by atoms with van der Waals surface area (Å²) < 4.78 is 0. The Morgan fingerprint density at radius 1 is 1.25 bits per heavy atom. The lowest BCUT2D eigenvalue weighted by Gasteiger charge is -2.28. The van der Waals surface area contributed by atoms with Gasteiger partial charge in [0.25, 0.3) is 0 Å². The molecule has 12 heavy (non-hydrogen) atoms. The molecular formula is C11H23N. The molecule has 1 heteroatoms. The Hall–Kier alpha value is -0.0400. The van der Waals surface area contributed by atoms with Crippen molar-refractivity contribution in [2.24, 2.45) is 11.3 Å². The van der Waals surface area contributed by atoms with Gasteiger partial charge in [-0.05, 0) is 38.1 Å². The van der Waals surface area contributed by atoms with E-state index in [0.717, 1.165) is 12.0 Å². The number of hydrogen-bond acceptors (Lipinski definition) is 1. The summed E-state index contributed by atoms with van der Waals surface area (Å²) in [5, 5.41) is 0. The lowest BCUT2D eigenvalue weighted by atomic mass is 9.80. The summed E-state index contributed by atoms with van der Waals surface area (Å²) in [6.45, 7) is 14.3. The summed E-state index contributed by atoms with van der Waals surface area (Å²) in [6.07, 6.45) is 1.39. The van der Waals surface area contributed by atoms with E-state index in [1.54, 1.807) is 0 Å². The standard InChI is InChI=1S/C11H23N/c1-9(2)12-7-6-10(8-12)11(3,4)5/h9-10H,6-8H2,1-5H3/t10-/m1/s1. The van der Waals surface area contributed by atoms with Gasteiger partial charge in [0, 0.05) is 12.6 Å². The summed E-state index contributed by atoms with van der Waals surface area (Å²) in [5.41, 5.74) is 0.504. The highest BCUT2D eigenvalue weighted by Crippen LogP contribution is 2.34. The maximum atomic E-state index is 2.59. The van der Waals surface area contributed by atoms with Crippen molar-refractivity contribution in [2.45, 2.75) is 47.1 Å². The molecule has 0 N–H and O–H groups in total. The van der Waals surface area contributed by atoms with Crippen molar-refractivity contribution in [3.8, 4) is 0 Å². The predicted molar refractivity (Wildman–Crippen MR) is 54.3 cm³/mol. The van der Waals surface area contributed by atoms with Crippen LogP contribution in [0.1, 0.15) is 41.0 Å². The molecule has 0 aromatic heterocycles. The van der Waals surface area contributed by atoms with Crippen LogP contribution in [-0.4, -0.2) is 24.0 Å². The minimum atomic E-state index is 0.504. The monoisotopic (exact) mass is 169 g/mol. The first-order chi connectivity index (χ1) is 5.41. The quantitative estimate of drug-likeness (QED) is 0.583. The van der Waals surface area contributed by atoms with Crippen molar-refractivity contribution in [1.29, 1.82) is 0 Å². The van der Waals surface area contributed by atoms with Gasteiger partial charge < -0.3 is 4.90 Å². The molecule has 1 aliphatic rings. The zero-order chi connectivity index (χ0) is 9.35. The topological polar surface area (TPSA) is 3.24 Å². The molecule has 0 unspecified atom stereocenters. The van der Waals surface area contributed by atoms with Gasteiger partial charge in [0.15, 0.2) is 0 Å². The molecular weight excluding hydrogens is 146 g/mol. The van der Waals surface area contributed by atoms with Gasteiger partial charge in [-0.2, -0.15) is 0 Å². The fraction of sp³-hybridized carbons (Fsp3) is 1.00. The van der Waals surface area contributed by atoms with E-state index < -0.39 is 0 Å². The van der Waals surface area contributed by atoms with Crippen LogP contribution in [0, 0.1) is 11.3 Å². The van der Waals surface area contributed by atoms with E-state index in [4.69, 9.17) is 0 Å². The van der Waals surface area contributed by atoms with Crippen LogP contribution in [0.3, 0.4) is 0 Å². The molecule has 0 spiro atoms. The molecule has 0 aromatic rings. The van der Waals surface area contributed by atoms with Crippen LogP contribution in [-0.2, 0) is 0 Å². The number of likely N-dealkylation sites (tertiary alicyclic amines) is 1. The van der Waals surface area contributed by atoms with Crippen molar-refractivity contribution in [3.63, 3.8) is 0 Å². The van der Waals surface area contributed by atoms with Crippen molar-refractivity contribution < 1.29 is 0 Å². The fourth-order valence-electron chi connectivity index (χ4n) is 1.96. The molecule has 1 saturated heterocycles. The molecule has 1 atom stereocenters. The molecule has 1 heterocycles. The average Bonchev–Trinajstić information content (AvgIpc) is 2.30. The van der Waals surface area contributed by atoms with Gasteiger partial charge in [0.05, 0.1) is 0 Å². The highest BCUT2D eigenvalue weighted by molar-refractivity contribution is 4.84. The van der Waals surface area contributed by atoms with Crippen molar-refractivity contribution in [1.82, 2.24) is 4.90 Å². The first-order valence-electron chi connectivity index (χ1n) is 5.15. The smallest absolute Gasteiger partial charge is 0.00387 e. The van der Waals surface area contributed by atoms with Crippen LogP contribution in [0.5, 0.6) is 0 Å². The van der Waals surface area contributed by atoms with Crippen molar-refractivity contribution >= 4 is 0 Å². The first kappa shape index (κ1) is 10.0. The van der Waals surface area contributed by atoms with Crippen LogP contribution >= 0.6 is 0 Å². The summed E-state index contributed by atoms with van der Waals surface area (Å²) in [6, 6.07) is 0.734. The highest BCUT2D eigenvalue weighted by atomic mass is 15.2. The molecule has 1 rings (SSSR count). The van der Waals surface area contributed by atoms with Crippen molar-refractivity contribution in [2.75, 3.05) is 13.1 Å². The molecule has 1 nitrogen and oxygen atoms in total. The summed E-state index contributed by atoms with van der Waals surface area (Å²) in [5.74, 6) is 0.903. The molecule has 0 amide bonds. The van der Waals surface area contributed by atoms with Gasteiger partial charge in [-0.15, -0.1) is 0 Å². The first-order valence-corrected chi connectivity index (χ1v) is 5.15. The largest absolute Gasteiger partial charge is 0.301 e. The van der Waals surface area contributed by atoms with Gasteiger partial charge in [-0.25, -0.2) is 0 Å². The maximum Gasteiger partial charge on any atom is 0.00387 e. The summed E-state index contributed by atoms with van der Waals surface area (Å²) >= 11 is 0. The van der Waals surface area contributed by atoms with E-state index in [-0.39, 0.29) is 0 Å². The SMILES string of the molecule is CC(C)N1CC[C@@H](C(C)(C)C)C1. The van der Waals surface area contributed by atoms with Crippen LogP contribution in [0.25, 0.3) is 0 Å². The molecule has 1 fully saturated rings. The Bertz CT molecular complexity index is 144. The minimum absolute atomic E-state index is 0.504. The zero-order valence-electron chi connectivity index (χ0n) is 9.22. The third-order valence-corrected chi connectivity index (χ3v) is 3.17. The Balaban J connectivity index is 2.46. The second-order valence-corrected chi connectivity index (χ2v) is 5.44. The highest BCUT2D eigenvalue weighted by Gasteiger charge is 2.32. The van der Waals surface area contributed by atoms with E-state index >= 15 is 0 Å². The number of nitrogens with zero attached hydrogens (tertiary/aromatic N) is 1. The number of hydrogen-bond donors (Lipinski definition) is 0. The van der Waals surface area contributed by atoms with Gasteiger partial charge in [-0.1, -0.05) is 20.8 Å². The number of rotatable bonds is 1. The molecule has 0 bridgehead atoms. The molecule has 0 aromatic carbocycles. The molecule has 1 aliphatic heterocycles.